The van der Waals surface area contributed by atoms with Gasteiger partial charge in [0.15, 0.2) is 0 Å². The highest BCUT2D eigenvalue weighted by Gasteiger charge is 2.15. The molecule has 0 saturated carbocycles. The Morgan fingerprint density at radius 3 is 2.92 bits per heavy atom. The number of nitrogens with zero attached hydrogens (tertiary/aromatic N) is 4. The van der Waals surface area contributed by atoms with Crippen molar-refractivity contribution in [3.8, 4) is 6.07 Å². The third kappa shape index (κ3) is 2.71. The summed E-state index contributed by atoms with van der Waals surface area (Å²) in [4.78, 5) is 9.03. The molecule has 1 N–H and O–H groups in total. The molecule has 0 aliphatic heterocycles. The Hall–Kier alpha value is -2.91. The molecule has 0 aliphatic carbocycles. The smallest absolute Gasteiger partial charge is 0.236 e. The summed E-state index contributed by atoms with van der Waals surface area (Å²) in [5.74, 6) is 1.42. The average molecular weight is 406 g/mol. The van der Waals surface area contributed by atoms with Crippen molar-refractivity contribution >= 4 is 38.4 Å². The molecule has 2 aromatic carbocycles. The summed E-state index contributed by atoms with van der Waals surface area (Å²) in [6.45, 7) is 4.05. The van der Waals surface area contributed by atoms with Crippen molar-refractivity contribution in [3.05, 3.63) is 70.0 Å². The molecule has 6 heteroatoms. The highest BCUT2D eigenvalue weighted by Crippen LogP contribution is 2.30. The SMILES string of the molecule is Cc1c(C#N)cccc1C(C)Nc1nc2nccn2c2ccc(Br)cc12. The maximum atomic E-state index is 9.28. The van der Waals surface area contributed by atoms with Gasteiger partial charge in [0.2, 0.25) is 5.78 Å². The minimum absolute atomic E-state index is 0.00426. The molecule has 5 nitrogen and oxygen atoms in total. The first-order chi connectivity index (χ1) is 12.6. The summed E-state index contributed by atoms with van der Waals surface area (Å²) in [5.41, 5.74) is 3.80. The predicted molar refractivity (Wildman–Crippen MR) is 106 cm³/mol. The summed E-state index contributed by atoms with van der Waals surface area (Å²) in [7, 11) is 0. The monoisotopic (exact) mass is 405 g/mol. The second-order valence-corrected chi connectivity index (χ2v) is 7.13. The number of anilines is 1. The lowest BCUT2D eigenvalue weighted by molar-refractivity contribution is 0.865. The van der Waals surface area contributed by atoms with Crippen LogP contribution in [0.25, 0.3) is 16.7 Å². The zero-order valence-corrected chi connectivity index (χ0v) is 15.9. The van der Waals surface area contributed by atoms with E-state index in [0.29, 0.717) is 11.3 Å². The lowest BCUT2D eigenvalue weighted by Gasteiger charge is -2.19. The summed E-state index contributed by atoms with van der Waals surface area (Å²) >= 11 is 3.55. The zero-order chi connectivity index (χ0) is 18.3. The number of nitriles is 1. The topological polar surface area (TPSA) is 66.0 Å². The number of hydrogen-bond donors (Lipinski definition) is 1. The van der Waals surface area contributed by atoms with Crippen LogP contribution in [-0.4, -0.2) is 14.4 Å². The van der Waals surface area contributed by atoms with E-state index in [9.17, 15) is 5.26 Å². The van der Waals surface area contributed by atoms with Gasteiger partial charge in [-0.05, 0) is 49.2 Å². The Bertz CT molecular complexity index is 1170. The number of rotatable bonds is 3. The van der Waals surface area contributed by atoms with E-state index in [1.54, 1.807) is 6.20 Å². The van der Waals surface area contributed by atoms with Crippen LogP contribution in [0.1, 0.15) is 29.7 Å². The molecule has 0 bridgehead atoms. The lowest BCUT2D eigenvalue weighted by Crippen LogP contribution is -2.11. The van der Waals surface area contributed by atoms with Crippen LogP contribution < -0.4 is 5.32 Å². The van der Waals surface area contributed by atoms with Crippen molar-refractivity contribution in [2.24, 2.45) is 0 Å². The van der Waals surface area contributed by atoms with Gasteiger partial charge in [0.1, 0.15) is 5.82 Å². The van der Waals surface area contributed by atoms with Crippen LogP contribution in [0, 0.1) is 18.3 Å². The number of imidazole rings is 1. The summed E-state index contributed by atoms with van der Waals surface area (Å²) in [5, 5.41) is 13.8. The predicted octanol–water partition coefficient (Wildman–Crippen LogP) is 5.00. The Balaban J connectivity index is 1.84. The fourth-order valence-corrected chi connectivity index (χ4v) is 3.63. The molecule has 0 radical (unpaired) electrons. The minimum atomic E-state index is -0.00426. The maximum Gasteiger partial charge on any atom is 0.236 e. The molecule has 1 atom stereocenters. The van der Waals surface area contributed by atoms with E-state index in [1.807, 2.05) is 47.9 Å². The number of nitrogens with one attached hydrogen (secondary N) is 1. The molecule has 128 valence electrons. The Kier molecular flexibility index (Phi) is 4.09. The van der Waals surface area contributed by atoms with Crippen LogP contribution in [0.5, 0.6) is 0 Å². The molecule has 0 fully saturated rings. The number of benzene rings is 2. The summed E-state index contributed by atoms with van der Waals surface area (Å²) in [6.07, 6.45) is 3.66. The third-order valence-corrected chi connectivity index (χ3v) is 5.12. The second-order valence-electron chi connectivity index (χ2n) is 6.22. The van der Waals surface area contributed by atoms with E-state index in [1.165, 1.54) is 0 Å². The van der Waals surface area contributed by atoms with E-state index in [-0.39, 0.29) is 6.04 Å². The van der Waals surface area contributed by atoms with Crippen molar-refractivity contribution in [3.63, 3.8) is 0 Å². The second kappa shape index (κ2) is 6.43. The van der Waals surface area contributed by atoms with Gasteiger partial charge in [-0.1, -0.05) is 28.1 Å². The van der Waals surface area contributed by atoms with Crippen LogP contribution in [0.15, 0.2) is 53.3 Å². The Morgan fingerprint density at radius 2 is 2.12 bits per heavy atom. The minimum Gasteiger partial charge on any atom is -0.363 e. The van der Waals surface area contributed by atoms with Gasteiger partial charge in [0.05, 0.1) is 23.2 Å². The zero-order valence-electron chi connectivity index (χ0n) is 14.4. The maximum absolute atomic E-state index is 9.28. The number of aromatic nitrogens is 3. The standard InChI is InChI=1S/C20H16BrN5/c1-12-14(11-22)4-3-5-16(12)13(2)24-19-17-10-15(21)6-7-18(17)26-9-8-23-20(26)25-19/h3-10,13H,1-2H3,(H,23,24,25). The van der Waals surface area contributed by atoms with Crippen molar-refractivity contribution in [1.82, 2.24) is 14.4 Å². The van der Waals surface area contributed by atoms with Gasteiger partial charge in [-0.25, -0.2) is 4.98 Å². The average Bonchev–Trinajstić information content (AvgIpc) is 3.10. The molecule has 4 rings (SSSR count). The van der Waals surface area contributed by atoms with Crippen LogP contribution in [0.2, 0.25) is 0 Å². The van der Waals surface area contributed by atoms with Crippen molar-refractivity contribution in [2.75, 3.05) is 5.32 Å². The molecular weight excluding hydrogens is 390 g/mol. The molecule has 1 unspecified atom stereocenters. The van der Waals surface area contributed by atoms with Gasteiger partial charge in [0, 0.05) is 22.3 Å². The van der Waals surface area contributed by atoms with Crippen molar-refractivity contribution in [1.29, 1.82) is 5.26 Å². The lowest BCUT2D eigenvalue weighted by atomic mass is 9.98. The molecule has 2 aromatic heterocycles. The first-order valence-electron chi connectivity index (χ1n) is 8.27. The first-order valence-corrected chi connectivity index (χ1v) is 9.06. The highest BCUT2D eigenvalue weighted by atomic mass is 79.9. The van der Waals surface area contributed by atoms with Crippen LogP contribution >= 0.6 is 15.9 Å². The van der Waals surface area contributed by atoms with E-state index in [0.717, 1.165) is 32.3 Å². The van der Waals surface area contributed by atoms with E-state index < -0.39 is 0 Å². The van der Waals surface area contributed by atoms with E-state index >= 15 is 0 Å². The third-order valence-electron chi connectivity index (χ3n) is 4.62. The summed E-state index contributed by atoms with van der Waals surface area (Å²) in [6, 6.07) is 14.2. The number of hydrogen-bond acceptors (Lipinski definition) is 4. The van der Waals surface area contributed by atoms with Gasteiger partial charge in [-0.2, -0.15) is 10.2 Å². The number of halogens is 1. The van der Waals surface area contributed by atoms with Crippen LogP contribution in [0.4, 0.5) is 5.82 Å². The van der Waals surface area contributed by atoms with Gasteiger partial charge in [0.25, 0.3) is 0 Å². The molecule has 4 aromatic rings. The number of fused-ring (bicyclic) bond motifs is 3. The Labute approximate surface area is 159 Å². The summed E-state index contributed by atoms with van der Waals surface area (Å²) < 4.78 is 2.96. The van der Waals surface area contributed by atoms with Gasteiger partial charge in [-0.15, -0.1) is 0 Å². The van der Waals surface area contributed by atoms with Crippen molar-refractivity contribution < 1.29 is 0 Å². The molecule has 0 aliphatic rings. The van der Waals surface area contributed by atoms with E-state index in [2.05, 4.69) is 45.3 Å². The largest absolute Gasteiger partial charge is 0.363 e. The fourth-order valence-electron chi connectivity index (χ4n) is 3.27. The molecule has 2 heterocycles. The normalized spacial score (nSPS) is 12.2. The van der Waals surface area contributed by atoms with Gasteiger partial charge in [-0.3, -0.25) is 4.40 Å². The van der Waals surface area contributed by atoms with E-state index in [4.69, 9.17) is 4.98 Å². The molecule has 0 spiro atoms. The molecule has 0 saturated heterocycles. The van der Waals surface area contributed by atoms with Gasteiger partial charge < -0.3 is 5.32 Å². The Morgan fingerprint density at radius 1 is 1.27 bits per heavy atom. The molecule has 0 amide bonds. The van der Waals surface area contributed by atoms with Crippen LogP contribution in [0.3, 0.4) is 0 Å². The molecule has 26 heavy (non-hydrogen) atoms. The quantitative estimate of drug-likeness (QED) is 0.520. The fraction of sp³-hybridized carbons (Fsp3) is 0.150. The molecular formula is C20H16BrN5. The first kappa shape index (κ1) is 16.6. The van der Waals surface area contributed by atoms with Crippen LogP contribution in [-0.2, 0) is 0 Å². The van der Waals surface area contributed by atoms with Crippen molar-refractivity contribution in [2.45, 2.75) is 19.9 Å². The highest BCUT2D eigenvalue weighted by molar-refractivity contribution is 9.10. The van der Waals surface area contributed by atoms with Gasteiger partial charge >= 0.3 is 0 Å².